The van der Waals surface area contributed by atoms with E-state index in [1.165, 1.54) is 28.6 Å². The van der Waals surface area contributed by atoms with E-state index in [2.05, 4.69) is 11.9 Å². The number of hydrogen-bond donors (Lipinski definition) is 1. The molecule has 1 aliphatic carbocycles. The summed E-state index contributed by atoms with van der Waals surface area (Å²) in [5.41, 5.74) is 1.77. The van der Waals surface area contributed by atoms with Gasteiger partial charge in [-0.25, -0.2) is 4.98 Å². The second kappa shape index (κ2) is 8.99. The summed E-state index contributed by atoms with van der Waals surface area (Å²) in [6.07, 6.45) is 7.10. The predicted molar refractivity (Wildman–Crippen MR) is 127 cm³/mol. The Morgan fingerprint density at radius 3 is 2.97 bits per heavy atom. The highest BCUT2D eigenvalue weighted by Gasteiger charge is 2.22. The molecule has 2 aromatic heterocycles. The van der Waals surface area contributed by atoms with Crippen molar-refractivity contribution in [2.45, 2.75) is 43.8 Å². The van der Waals surface area contributed by atoms with E-state index in [4.69, 9.17) is 14.5 Å². The fourth-order valence-corrected chi connectivity index (χ4v) is 6.21. The second-order valence-corrected chi connectivity index (χ2v) is 9.77. The maximum atomic E-state index is 13.4. The van der Waals surface area contributed by atoms with Crippen molar-refractivity contribution in [3.8, 4) is 11.5 Å². The number of fused-ring (bicyclic) bond motifs is 4. The fraction of sp³-hybridized carbons (Fsp3) is 0.348. The van der Waals surface area contributed by atoms with Crippen LogP contribution in [-0.4, -0.2) is 28.0 Å². The van der Waals surface area contributed by atoms with Gasteiger partial charge in [-0.2, -0.15) is 0 Å². The van der Waals surface area contributed by atoms with Crippen LogP contribution in [0.15, 0.2) is 40.8 Å². The number of carbonyl (C=O) groups is 1. The molecule has 0 fully saturated rings. The molecule has 1 amide bonds. The Morgan fingerprint density at radius 2 is 2.09 bits per heavy atom. The van der Waals surface area contributed by atoms with Crippen molar-refractivity contribution < 1.29 is 14.3 Å². The molecule has 0 radical (unpaired) electrons. The monoisotopic (exact) mass is 469 g/mol. The molecule has 9 heteroatoms. The lowest BCUT2D eigenvalue weighted by molar-refractivity contribution is -0.113. The molecule has 0 spiro atoms. The van der Waals surface area contributed by atoms with Crippen LogP contribution in [0, 0.1) is 0 Å². The minimum atomic E-state index is -0.185. The van der Waals surface area contributed by atoms with E-state index in [9.17, 15) is 9.59 Å². The lowest BCUT2D eigenvalue weighted by atomic mass is 10.1. The van der Waals surface area contributed by atoms with Crippen LogP contribution in [0.3, 0.4) is 0 Å². The van der Waals surface area contributed by atoms with Crippen LogP contribution in [-0.2, 0) is 24.2 Å². The van der Waals surface area contributed by atoms with Crippen molar-refractivity contribution in [3.05, 3.63) is 51.6 Å². The van der Waals surface area contributed by atoms with Gasteiger partial charge in [0.15, 0.2) is 16.7 Å². The molecule has 0 unspecified atom stereocenters. The first kappa shape index (κ1) is 21.1. The Balaban J connectivity index is 1.38. The molecule has 0 bridgehead atoms. The SMILES string of the molecule is C=CCn1c(SCC(=O)Nc2ccc3c(c2)OCO3)nc2sc3c(c2c1=O)CCCCC3. The maximum Gasteiger partial charge on any atom is 0.263 e. The van der Waals surface area contributed by atoms with E-state index in [1.54, 1.807) is 40.2 Å². The number of aromatic nitrogens is 2. The molecule has 0 saturated heterocycles. The van der Waals surface area contributed by atoms with Crippen molar-refractivity contribution >= 4 is 44.9 Å². The second-order valence-electron chi connectivity index (χ2n) is 7.75. The summed E-state index contributed by atoms with van der Waals surface area (Å²) in [6.45, 7) is 4.34. The maximum absolute atomic E-state index is 13.4. The molecular weight excluding hydrogens is 446 g/mol. The van der Waals surface area contributed by atoms with Crippen molar-refractivity contribution in [2.24, 2.45) is 0 Å². The van der Waals surface area contributed by atoms with Gasteiger partial charge < -0.3 is 14.8 Å². The van der Waals surface area contributed by atoms with Gasteiger partial charge in [-0.1, -0.05) is 24.3 Å². The zero-order valence-electron chi connectivity index (χ0n) is 17.5. The van der Waals surface area contributed by atoms with Gasteiger partial charge in [0, 0.05) is 23.2 Å². The molecule has 5 rings (SSSR count). The third-order valence-corrected chi connectivity index (χ3v) is 7.75. The lowest BCUT2D eigenvalue weighted by Crippen LogP contribution is -2.24. The standard InChI is InChI=1S/C23H23N3O4S2/c1-2-10-26-22(28)20-15-6-4-3-5-7-18(15)32-21(20)25-23(26)31-12-19(27)24-14-8-9-16-17(11-14)30-13-29-16/h2,8-9,11H,1,3-7,10,12-13H2,(H,24,27). The number of hydrogen-bond acceptors (Lipinski definition) is 7. The number of amides is 1. The molecule has 3 heterocycles. The number of allylic oxidation sites excluding steroid dienone is 1. The van der Waals surface area contributed by atoms with Crippen LogP contribution in [0.5, 0.6) is 11.5 Å². The number of aryl methyl sites for hydroxylation is 2. The van der Waals surface area contributed by atoms with E-state index in [0.29, 0.717) is 28.9 Å². The molecule has 3 aromatic rings. The molecule has 1 N–H and O–H groups in total. The van der Waals surface area contributed by atoms with Crippen molar-refractivity contribution in [2.75, 3.05) is 17.9 Å². The van der Waals surface area contributed by atoms with E-state index >= 15 is 0 Å². The molecule has 0 saturated carbocycles. The van der Waals surface area contributed by atoms with Gasteiger partial charge in [0.2, 0.25) is 12.7 Å². The van der Waals surface area contributed by atoms with Gasteiger partial charge in [-0.3, -0.25) is 14.2 Å². The molecule has 7 nitrogen and oxygen atoms in total. The number of rotatable bonds is 6. The highest BCUT2D eigenvalue weighted by atomic mass is 32.2. The zero-order valence-corrected chi connectivity index (χ0v) is 19.2. The first-order valence-corrected chi connectivity index (χ1v) is 12.4. The van der Waals surface area contributed by atoms with Crippen molar-refractivity contribution in [1.82, 2.24) is 9.55 Å². The number of benzene rings is 1. The molecule has 32 heavy (non-hydrogen) atoms. The van der Waals surface area contributed by atoms with Crippen LogP contribution < -0.4 is 20.3 Å². The van der Waals surface area contributed by atoms with E-state index in [1.807, 2.05) is 0 Å². The van der Waals surface area contributed by atoms with E-state index in [0.717, 1.165) is 35.9 Å². The highest BCUT2D eigenvalue weighted by molar-refractivity contribution is 7.99. The first-order chi connectivity index (χ1) is 15.6. The minimum absolute atomic E-state index is 0.0343. The number of carbonyl (C=O) groups excluding carboxylic acids is 1. The highest BCUT2D eigenvalue weighted by Crippen LogP contribution is 2.35. The summed E-state index contributed by atoms with van der Waals surface area (Å²) in [7, 11) is 0. The topological polar surface area (TPSA) is 82.5 Å². The Bertz CT molecular complexity index is 1260. The van der Waals surface area contributed by atoms with Gasteiger partial charge in [-0.05, 0) is 43.4 Å². The van der Waals surface area contributed by atoms with Gasteiger partial charge >= 0.3 is 0 Å². The molecule has 1 aliphatic heterocycles. The van der Waals surface area contributed by atoms with Crippen LogP contribution in [0.25, 0.3) is 10.2 Å². The quantitative estimate of drug-likeness (QED) is 0.250. The van der Waals surface area contributed by atoms with Crippen LogP contribution in [0.1, 0.15) is 29.7 Å². The van der Waals surface area contributed by atoms with Crippen molar-refractivity contribution in [1.29, 1.82) is 0 Å². The average molecular weight is 470 g/mol. The average Bonchev–Trinajstić information content (AvgIpc) is 3.32. The number of anilines is 1. The summed E-state index contributed by atoms with van der Waals surface area (Å²) in [6, 6.07) is 5.28. The van der Waals surface area contributed by atoms with Gasteiger partial charge in [0.05, 0.1) is 11.1 Å². The van der Waals surface area contributed by atoms with Crippen LogP contribution >= 0.6 is 23.1 Å². The van der Waals surface area contributed by atoms with E-state index < -0.39 is 0 Å². The largest absolute Gasteiger partial charge is 0.454 e. The third-order valence-electron chi connectivity index (χ3n) is 5.59. The van der Waals surface area contributed by atoms with Gasteiger partial charge in [0.25, 0.3) is 5.56 Å². The minimum Gasteiger partial charge on any atom is -0.454 e. The number of thioether (sulfide) groups is 1. The Morgan fingerprint density at radius 1 is 1.25 bits per heavy atom. The summed E-state index contributed by atoms with van der Waals surface area (Å²) >= 11 is 2.89. The summed E-state index contributed by atoms with van der Waals surface area (Å²) < 4.78 is 12.3. The normalized spacial score (nSPS) is 14.8. The van der Waals surface area contributed by atoms with E-state index in [-0.39, 0.29) is 24.0 Å². The van der Waals surface area contributed by atoms with Crippen LogP contribution in [0.2, 0.25) is 0 Å². The Hall–Kier alpha value is -2.78. The van der Waals surface area contributed by atoms with Gasteiger partial charge in [0.1, 0.15) is 4.83 Å². The van der Waals surface area contributed by atoms with Crippen LogP contribution in [0.4, 0.5) is 5.69 Å². The summed E-state index contributed by atoms with van der Waals surface area (Å²) in [5, 5.41) is 4.16. The lowest BCUT2D eigenvalue weighted by Gasteiger charge is -2.11. The molecule has 2 aliphatic rings. The number of nitrogens with one attached hydrogen (secondary N) is 1. The Labute approximate surface area is 193 Å². The first-order valence-electron chi connectivity index (χ1n) is 10.6. The molecule has 166 valence electrons. The summed E-state index contributed by atoms with van der Waals surface area (Å²) in [5.74, 6) is 1.22. The summed E-state index contributed by atoms with van der Waals surface area (Å²) in [4.78, 5) is 32.8. The van der Waals surface area contributed by atoms with Crippen molar-refractivity contribution in [3.63, 3.8) is 0 Å². The number of thiophene rings is 1. The van der Waals surface area contributed by atoms with Gasteiger partial charge in [-0.15, -0.1) is 17.9 Å². The molecular formula is C23H23N3O4S2. The predicted octanol–water partition coefficient (Wildman–Crippen LogP) is 4.37. The number of ether oxygens (including phenoxy) is 2. The fourth-order valence-electron chi connectivity index (χ4n) is 4.10. The zero-order chi connectivity index (χ0) is 22.1. The molecule has 1 aromatic carbocycles. The number of nitrogens with zero attached hydrogens (tertiary/aromatic N) is 2. The third kappa shape index (κ3) is 4.02. The smallest absolute Gasteiger partial charge is 0.263 e. The molecule has 0 atom stereocenters. The Kier molecular flexibility index (Phi) is 5.93.